The monoisotopic (exact) mass is 534 g/mol. The van der Waals surface area contributed by atoms with Crippen LogP contribution in [0, 0.1) is 5.41 Å². The van der Waals surface area contributed by atoms with Crippen molar-refractivity contribution >= 4 is 39.7 Å². The van der Waals surface area contributed by atoms with Gasteiger partial charge in [0.05, 0.1) is 23.4 Å². The third-order valence-electron chi connectivity index (χ3n) is 5.58. The van der Waals surface area contributed by atoms with Gasteiger partial charge in [0, 0.05) is 31.4 Å². The summed E-state index contributed by atoms with van der Waals surface area (Å²) in [6.07, 6.45) is 3.72. The quantitative estimate of drug-likeness (QED) is 0.261. The van der Waals surface area contributed by atoms with Crippen LogP contribution in [0.15, 0.2) is 35.6 Å². The van der Waals surface area contributed by atoms with Gasteiger partial charge < -0.3 is 10.1 Å². The summed E-state index contributed by atoms with van der Waals surface area (Å²) in [7, 11) is -0.857. The molecule has 3 heterocycles. The van der Waals surface area contributed by atoms with Crippen LogP contribution >= 0.6 is 11.6 Å². The van der Waals surface area contributed by atoms with Crippen molar-refractivity contribution in [2.75, 3.05) is 18.9 Å². The number of rotatable bonds is 10. The second kappa shape index (κ2) is 11.4. The number of anilines is 1. The predicted molar refractivity (Wildman–Crippen MR) is 137 cm³/mol. The van der Waals surface area contributed by atoms with E-state index in [2.05, 4.69) is 40.2 Å². The minimum atomic E-state index is -3.99. The number of halogens is 1. The lowest BCUT2D eigenvalue weighted by molar-refractivity contribution is 0.398. The molecule has 0 aliphatic carbocycles. The summed E-state index contributed by atoms with van der Waals surface area (Å²) in [5, 5.41) is 18.0. The number of nitrogens with zero attached hydrogens (tertiary/aromatic N) is 7. The minimum Gasteiger partial charge on any atom is -0.481 e. The van der Waals surface area contributed by atoms with E-state index in [1.54, 1.807) is 46.0 Å². The van der Waals surface area contributed by atoms with E-state index in [4.69, 9.17) is 21.7 Å². The molecule has 0 amide bonds. The smallest absolute Gasteiger partial charge is 0.239 e. The lowest BCUT2D eigenvalue weighted by atomic mass is 10.1. The number of nitrogens with one attached hydrogen (secondary N) is 3. The molecule has 0 aliphatic rings. The second-order valence-corrected chi connectivity index (χ2v) is 10.2. The molecule has 192 valence electrons. The highest BCUT2D eigenvalue weighted by molar-refractivity contribution is 7.93. The van der Waals surface area contributed by atoms with Gasteiger partial charge in [-0.2, -0.15) is 0 Å². The summed E-state index contributed by atoms with van der Waals surface area (Å²) in [4.78, 5) is 16.7. The van der Waals surface area contributed by atoms with Gasteiger partial charge >= 0.3 is 0 Å². The molecular formula is C21H27ClN10O3S. The zero-order valence-corrected chi connectivity index (χ0v) is 21.9. The number of likely N-dealkylation sites (N-methyl/N-ethyl adjacent to an activating group) is 1. The maximum atomic E-state index is 13.4. The van der Waals surface area contributed by atoms with Crippen molar-refractivity contribution in [3.63, 3.8) is 0 Å². The van der Waals surface area contributed by atoms with Crippen LogP contribution in [-0.2, 0) is 10.0 Å². The molecule has 3 aromatic heterocycles. The molecule has 3 N–H and O–H groups in total. The summed E-state index contributed by atoms with van der Waals surface area (Å²) in [6.45, 7) is 5.02. The molecule has 0 spiro atoms. The molecule has 0 saturated carbocycles. The zero-order chi connectivity index (χ0) is 26.5. The molecule has 13 nitrogen and oxygen atoms in total. The van der Waals surface area contributed by atoms with Crippen molar-refractivity contribution in [2.45, 2.75) is 38.0 Å². The number of methoxy groups -OCH3 is 1. The van der Waals surface area contributed by atoms with Crippen LogP contribution in [0.5, 0.6) is 5.88 Å². The lowest BCUT2D eigenvalue weighted by Crippen LogP contribution is -2.33. The Balaban J connectivity index is 2.05. The third kappa shape index (κ3) is 5.76. The Morgan fingerprint density at radius 2 is 1.92 bits per heavy atom. The maximum absolute atomic E-state index is 13.4. The van der Waals surface area contributed by atoms with Gasteiger partial charge in [-0.05, 0) is 19.9 Å². The summed E-state index contributed by atoms with van der Waals surface area (Å²) in [6, 6.07) is 4.51. The maximum Gasteiger partial charge on any atom is 0.239 e. The SMILES string of the molecule is CN/C(=N\C=N)[C@@H](C)n1c(NS(=O)(=O)[C@@H](C)[C@H](C)c2ncc(Cl)cn2)nnc1-c1cccc(OC)n1. The summed E-state index contributed by atoms with van der Waals surface area (Å²) in [5.41, 5.74) is 0.403. The van der Waals surface area contributed by atoms with Gasteiger partial charge in [0.15, 0.2) is 5.82 Å². The Bertz CT molecular complexity index is 1340. The Labute approximate surface area is 214 Å². The normalized spacial score (nSPS) is 14.6. The molecule has 0 unspecified atom stereocenters. The van der Waals surface area contributed by atoms with Crippen LogP contribution in [-0.4, -0.2) is 69.7 Å². The predicted octanol–water partition coefficient (Wildman–Crippen LogP) is 2.51. The number of amidine groups is 1. The molecule has 15 heteroatoms. The van der Waals surface area contributed by atoms with Crippen LogP contribution in [0.25, 0.3) is 11.5 Å². The summed E-state index contributed by atoms with van der Waals surface area (Å²) < 4.78 is 36.1. The standard InChI is InChI=1S/C21H27ClN10O3S/c1-12(18-25-9-15(22)10-26-18)14(3)36(33,34)31-21-30-29-20(16-7-6-8-17(28-16)35-5)32(21)13(2)19(24-4)27-11-23/h6-14H,1-5H3,(H,30,31)(H2,23,24,27)/t12-,13+,14-/m0/s1. The van der Waals surface area contributed by atoms with E-state index in [-0.39, 0.29) is 11.8 Å². The van der Waals surface area contributed by atoms with E-state index in [0.29, 0.717) is 28.3 Å². The highest BCUT2D eigenvalue weighted by atomic mass is 35.5. The number of aliphatic imine (C=N–C) groups is 1. The average Bonchev–Trinajstić information content (AvgIpc) is 3.29. The van der Waals surface area contributed by atoms with Crippen LogP contribution in [0.3, 0.4) is 0 Å². The molecule has 0 saturated heterocycles. The van der Waals surface area contributed by atoms with Crippen molar-refractivity contribution in [1.82, 2.24) is 35.0 Å². The number of ether oxygens (including phenoxy) is 1. The zero-order valence-electron chi connectivity index (χ0n) is 20.3. The average molecular weight is 535 g/mol. The third-order valence-corrected chi connectivity index (χ3v) is 7.62. The summed E-state index contributed by atoms with van der Waals surface area (Å²) >= 11 is 5.86. The molecule has 0 aromatic carbocycles. The fourth-order valence-corrected chi connectivity index (χ4v) is 4.72. The molecule has 36 heavy (non-hydrogen) atoms. The van der Waals surface area contributed by atoms with Crippen LogP contribution in [0.1, 0.15) is 38.6 Å². The van der Waals surface area contributed by atoms with Gasteiger partial charge in [0.1, 0.15) is 23.7 Å². The van der Waals surface area contributed by atoms with Crippen LogP contribution in [0.4, 0.5) is 5.95 Å². The van der Waals surface area contributed by atoms with Crippen molar-refractivity contribution in [2.24, 2.45) is 4.99 Å². The first-order chi connectivity index (χ1) is 17.1. The number of hydrogen-bond donors (Lipinski definition) is 3. The van der Waals surface area contributed by atoms with Gasteiger partial charge in [-0.15, -0.1) is 10.2 Å². The van der Waals surface area contributed by atoms with Crippen LogP contribution in [0.2, 0.25) is 5.02 Å². The Morgan fingerprint density at radius 1 is 1.22 bits per heavy atom. The van der Waals surface area contributed by atoms with Gasteiger partial charge in [-0.3, -0.25) is 14.7 Å². The van der Waals surface area contributed by atoms with E-state index in [1.165, 1.54) is 24.1 Å². The van der Waals surface area contributed by atoms with Crippen LogP contribution < -0.4 is 14.8 Å². The van der Waals surface area contributed by atoms with E-state index >= 15 is 0 Å². The Morgan fingerprint density at radius 3 is 2.53 bits per heavy atom. The van der Waals surface area contributed by atoms with Gasteiger partial charge in [0.25, 0.3) is 0 Å². The molecule has 0 bridgehead atoms. The first-order valence-electron chi connectivity index (χ1n) is 10.8. The molecule has 3 aromatic rings. The first kappa shape index (κ1) is 26.9. The topological polar surface area (TPSA) is 173 Å². The second-order valence-electron chi connectivity index (χ2n) is 7.75. The Kier molecular flexibility index (Phi) is 8.53. The lowest BCUT2D eigenvalue weighted by Gasteiger charge is -2.22. The van der Waals surface area contributed by atoms with E-state index in [9.17, 15) is 8.42 Å². The van der Waals surface area contributed by atoms with Crippen molar-refractivity contribution < 1.29 is 13.2 Å². The minimum absolute atomic E-state index is 0.0499. The van der Waals surface area contributed by atoms with Gasteiger partial charge in [0.2, 0.25) is 21.9 Å². The highest BCUT2D eigenvalue weighted by Gasteiger charge is 2.32. The molecule has 0 aliphatic heterocycles. The number of sulfonamides is 1. The number of aromatic nitrogens is 6. The molecular weight excluding hydrogens is 508 g/mol. The number of hydrogen-bond acceptors (Lipinski definition) is 9. The summed E-state index contributed by atoms with van der Waals surface area (Å²) in [5.74, 6) is 0.735. The molecule has 3 rings (SSSR count). The number of pyridine rings is 1. The fourth-order valence-electron chi connectivity index (χ4n) is 3.38. The van der Waals surface area contributed by atoms with Crippen molar-refractivity contribution in [1.29, 1.82) is 5.41 Å². The van der Waals surface area contributed by atoms with E-state index < -0.39 is 27.2 Å². The highest BCUT2D eigenvalue weighted by Crippen LogP contribution is 2.28. The van der Waals surface area contributed by atoms with Gasteiger partial charge in [-0.25, -0.2) is 28.4 Å². The van der Waals surface area contributed by atoms with E-state index in [1.807, 2.05) is 0 Å². The van der Waals surface area contributed by atoms with E-state index in [0.717, 1.165) is 6.34 Å². The first-order valence-corrected chi connectivity index (χ1v) is 12.7. The molecule has 3 atom stereocenters. The fraction of sp³-hybridized carbons (Fsp3) is 0.381. The van der Waals surface area contributed by atoms with Crippen molar-refractivity contribution in [3.05, 3.63) is 41.4 Å². The van der Waals surface area contributed by atoms with Crippen molar-refractivity contribution in [3.8, 4) is 17.4 Å². The molecule has 0 fully saturated rings. The van der Waals surface area contributed by atoms with Gasteiger partial charge in [-0.1, -0.05) is 24.6 Å². The Hall–Kier alpha value is -3.65. The largest absolute Gasteiger partial charge is 0.481 e. The molecule has 0 radical (unpaired) electrons.